The molecule has 25 heavy (non-hydrogen) atoms. The van der Waals surface area contributed by atoms with E-state index in [1.54, 1.807) is 18.5 Å². The average molecular weight is 371 g/mol. The summed E-state index contributed by atoms with van der Waals surface area (Å²) in [5.41, 5.74) is 3.19. The van der Waals surface area contributed by atoms with Crippen molar-refractivity contribution in [2.45, 2.75) is 6.42 Å². The maximum absolute atomic E-state index is 14.2. The van der Waals surface area contributed by atoms with Gasteiger partial charge < -0.3 is 0 Å². The molecule has 2 nitrogen and oxygen atoms in total. The molecule has 1 aliphatic rings. The summed E-state index contributed by atoms with van der Waals surface area (Å²) in [7, 11) is 0. The standard InChI is InChI=1S/C20H13Cl2FN2/c21-13-1-4-19(23)16(10-13)20-9-12(5-8-25-20)14-2-3-18(22)17-11-24-7-6-15(14)17/h1-4,6-7,9-11H,5,8H2. The number of rotatable bonds is 2. The van der Waals surface area contributed by atoms with Crippen LogP contribution in [0.3, 0.4) is 0 Å². The fourth-order valence-electron chi connectivity index (χ4n) is 3.08. The quantitative estimate of drug-likeness (QED) is 0.546. The van der Waals surface area contributed by atoms with Crippen LogP contribution in [-0.2, 0) is 0 Å². The van der Waals surface area contributed by atoms with Crippen LogP contribution >= 0.6 is 23.2 Å². The van der Waals surface area contributed by atoms with Crippen LogP contribution in [0.4, 0.5) is 4.39 Å². The number of aliphatic imine (C=N–C) groups is 1. The maximum atomic E-state index is 14.2. The molecule has 0 amide bonds. The number of hydrogen-bond acceptors (Lipinski definition) is 2. The Morgan fingerprint density at radius 3 is 2.72 bits per heavy atom. The number of allylic oxidation sites excluding steroid dienone is 1. The first-order valence-electron chi connectivity index (χ1n) is 7.86. The Balaban J connectivity index is 1.85. The van der Waals surface area contributed by atoms with Crippen molar-refractivity contribution >= 4 is 45.3 Å². The minimum Gasteiger partial charge on any atom is -0.284 e. The van der Waals surface area contributed by atoms with Gasteiger partial charge in [0.2, 0.25) is 0 Å². The van der Waals surface area contributed by atoms with Crippen molar-refractivity contribution < 1.29 is 4.39 Å². The molecule has 0 unspecified atom stereocenters. The Kier molecular flexibility index (Phi) is 4.28. The van der Waals surface area contributed by atoms with Crippen molar-refractivity contribution in [3.63, 3.8) is 0 Å². The highest BCUT2D eigenvalue weighted by atomic mass is 35.5. The molecule has 4 rings (SSSR count). The summed E-state index contributed by atoms with van der Waals surface area (Å²) in [6.45, 7) is 0.600. The first kappa shape index (κ1) is 16.2. The molecule has 0 bridgehead atoms. The van der Waals surface area contributed by atoms with E-state index in [0.29, 0.717) is 27.9 Å². The summed E-state index contributed by atoms with van der Waals surface area (Å²) in [4.78, 5) is 8.63. The van der Waals surface area contributed by atoms with Crippen molar-refractivity contribution in [2.75, 3.05) is 6.54 Å². The van der Waals surface area contributed by atoms with Crippen molar-refractivity contribution in [3.8, 4) is 0 Å². The van der Waals surface area contributed by atoms with Crippen molar-refractivity contribution in [1.82, 2.24) is 4.98 Å². The molecule has 1 aliphatic heterocycles. The number of aromatic nitrogens is 1. The van der Waals surface area contributed by atoms with Gasteiger partial charge in [0, 0.05) is 39.9 Å². The second-order valence-corrected chi connectivity index (χ2v) is 6.67. The van der Waals surface area contributed by atoms with E-state index in [-0.39, 0.29) is 5.82 Å². The lowest BCUT2D eigenvalue weighted by atomic mass is 9.93. The molecule has 0 atom stereocenters. The van der Waals surface area contributed by atoms with Gasteiger partial charge in [0.25, 0.3) is 0 Å². The van der Waals surface area contributed by atoms with Crippen LogP contribution in [0.25, 0.3) is 16.3 Å². The van der Waals surface area contributed by atoms with E-state index in [0.717, 1.165) is 28.3 Å². The summed E-state index contributed by atoms with van der Waals surface area (Å²) in [6.07, 6.45) is 6.22. The van der Waals surface area contributed by atoms with Crippen LogP contribution in [0.15, 0.2) is 59.9 Å². The molecule has 1 aromatic heterocycles. The second-order valence-electron chi connectivity index (χ2n) is 5.83. The van der Waals surface area contributed by atoms with Gasteiger partial charge in [0.1, 0.15) is 5.82 Å². The van der Waals surface area contributed by atoms with Crippen LogP contribution in [0.5, 0.6) is 0 Å². The Hall–Kier alpha value is -2.23. The number of nitrogens with zero attached hydrogens (tertiary/aromatic N) is 2. The third-order valence-corrected chi connectivity index (χ3v) is 4.85. The molecule has 2 aromatic carbocycles. The van der Waals surface area contributed by atoms with Gasteiger partial charge in [0.15, 0.2) is 0 Å². The second kappa shape index (κ2) is 6.58. The zero-order valence-corrected chi connectivity index (χ0v) is 14.7. The first-order valence-corrected chi connectivity index (χ1v) is 8.62. The third-order valence-electron chi connectivity index (χ3n) is 4.29. The van der Waals surface area contributed by atoms with E-state index >= 15 is 0 Å². The molecule has 0 N–H and O–H groups in total. The van der Waals surface area contributed by atoms with E-state index in [9.17, 15) is 4.39 Å². The molecule has 0 saturated heterocycles. The van der Waals surface area contributed by atoms with E-state index < -0.39 is 0 Å². The Morgan fingerprint density at radius 2 is 1.84 bits per heavy atom. The van der Waals surface area contributed by atoms with Crippen LogP contribution < -0.4 is 0 Å². The van der Waals surface area contributed by atoms with Crippen LogP contribution in [0.1, 0.15) is 17.5 Å². The average Bonchev–Trinajstić information content (AvgIpc) is 2.64. The molecular weight excluding hydrogens is 358 g/mol. The normalized spacial score (nSPS) is 14.4. The minimum absolute atomic E-state index is 0.328. The summed E-state index contributed by atoms with van der Waals surface area (Å²) < 4.78 is 14.2. The topological polar surface area (TPSA) is 25.2 Å². The fraction of sp³-hybridized carbons (Fsp3) is 0.100. The maximum Gasteiger partial charge on any atom is 0.132 e. The van der Waals surface area contributed by atoms with Gasteiger partial charge in [-0.3, -0.25) is 9.98 Å². The SMILES string of the molecule is Fc1ccc(Cl)cc1C1=NCCC(c2ccc(Cl)c3cnccc23)=C1. The molecule has 2 heterocycles. The lowest BCUT2D eigenvalue weighted by molar-refractivity contribution is 0.625. The highest BCUT2D eigenvalue weighted by molar-refractivity contribution is 6.35. The molecule has 5 heteroatoms. The molecule has 0 radical (unpaired) electrons. The van der Waals surface area contributed by atoms with Crippen LogP contribution in [-0.4, -0.2) is 17.2 Å². The van der Waals surface area contributed by atoms with Crippen molar-refractivity contribution in [2.24, 2.45) is 4.99 Å². The summed E-state index contributed by atoms with van der Waals surface area (Å²) >= 11 is 12.3. The Labute approximate surface area is 154 Å². The third kappa shape index (κ3) is 3.06. The van der Waals surface area contributed by atoms with Crippen LogP contribution in [0.2, 0.25) is 10.0 Å². The molecule has 3 aromatic rings. The summed E-state index contributed by atoms with van der Waals surface area (Å²) in [6, 6.07) is 10.3. The van der Waals surface area contributed by atoms with Gasteiger partial charge in [-0.15, -0.1) is 0 Å². The van der Waals surface area contributed by atoms with Gasteiger partial charge in [-0.1, -0.05) is 29.3 Å². The number of fused-ring (bicyclic) bond motifs is 1. The molecular formula is C20H13Cl2FN2. The number of benzene rings is 2. The van der Waals surface area contributed by atoms with Crippen LogP contribution in [0, 0.1) is 5.82 Å². The van der Waals surface area contributed by atoms with Gasteiger partial charge in [-0.25, -0.2) is 4.39 Å². The Morgan fingerprint density at radius 1 is 0.960 bits per heavy atom. The molecule has 0 fully saturated rings. The molecule has 0 aliphatic carbocycles. The van der Waals surface area contributed by atoms with Gasteiger partial charge >= 0.3 is 0 Å². The Bertz CT molecular complexity index is 1040. The number of pyridine rings is 1. The van der Waals surface area contributed by atoms with Crippen molar-refractivity contribution in [1.29, 1.82) is 0 Å². The van der Waals surface area contributed by atoms with E-state index in [1.165, 1.54) is 12.1 Å². The lowest BCUT2D eigenvalue weighted by Gasteiger charge is -2.16. The monoisotopic (exact) mass is 370 g/mol. The van der Waals surface area contributed by atoms with Gasteiger partial charge in [-0.2, -0.15) is 0 Å². The summed E-state index contributed by atoms with van der Waals surface area (Å²) in [5, 5.41) is 3.09. The van der Waals surface area contributed by atoms with E-state index in [4.69, 9.17) is 23.2 Å². The zero-order chi connectivity index (χ0) is 17.4. The first-order chi connectivity index (χ1) is 12.1. The predicted octanol–water partition coefficient (Wildman–Crippen LogP) is 5.96. The number of halogens is 3. The smallest absolute Gasteiger partial charge is 0.132 e. The molecule has 124 valence electrons. The van der Waals surface area contributed by atoms with E-state index in [2.05, 4.69) is 9.98 Å². The highest BCUT2D eigenvalue weighted by Crippen LogP contribution is 2.33. The molecule has 0 saturated carbocycles. The van der Waals surface area contributed by atoms with Gasteiger partial charge in [0.05, 0.1) is 5.71 Å². The van der Waals surface area contributed by atoms with Gasteiger partial charge in [-0.05, 0) is 59.4 Å². The fourth-order valence-corrected chi connectivity index (χ4v) is 3.47. The highest BCUT2D eigenvalue weighted by Gasteiger charge is 2.16. The summed E-state index contributed by atoms with van der Waals surface area (Å²) in [5.74, 6) is -0.328. The molecule has 0 spiro atoms. The minimum atomic E-state index is -0.328. The van der Waals surface area contributed by atoms with E-state index in [1.807, 2.05) is 24.3 Å². The largest absolute Gasteiger partial charge is 0.284 e. The lowest BCUT2D eigenvalue weighted by Crippen LogP contribution is -2.08. The van der Waals surface area contributed by atoms with Crippen molar-refractivity contribution in [3.05, 3.63) is 81.9 Å². The predicted molar refractivity (Wildman–Crippen MR) is 102 cm³/mol. The number of hydrogen-bond donors (Lipinski definition) is 0. The zero-order valence-electron chi connectivity index (χ0n) is 13.1. The number of dihydropyridines is 1.